The van der Waals surface area contributed by atoms with E-state index in [1.54, 1.807) is 0 Å². The molecule has 126 valence electrons. The number of nitrogens with zero attached hydrogens (tertiary/aromatic N) is 5. The number of hydrogen-bond acceptors (Lipinski definition) is 5. The van der Waals surface area contributed by atoms with Gasteiger partial charge in [0.1, 0.15) is 17.0 Å². The van der Waals surface area contributed by atoms with E-state index in [1.807, 2.05) is 16.7 Å². The van der Waals surface area contributed by atoms with E-state index in [0.29, 0.717) is 23.4 Å². The number of imidazole rings is 1. The molecule has 5 rings (SSSR count). The van der Waals surface area contributed by atoms with E-state index in [1.165, 1.54) is 36.6 Å². The van der Waals surface area contributed by atoms with Crippen molar-refractivity contribution >= 4 is 16.7 Å². The van der Waals surface area contributed by atoms with Gasteiger partial charge in [-0.3, -0.25) is 4.40 Å². The summed E-state index contributed by atoms with van der Waals surface area (Å²) in [5.41, 5.74) is 5.04. The molecule has 0 atom stereocenters. The molecule has 6 heteroatoms. The van der Waals surface area contributed by atoms with E-state index < -0.39 is 0 Å². The van der Waals surface area contributed by atoms with E-state index in [0.717, 1.165) is 17.0 Å². The molecular weight excluding hydrogens is 314 g/mol. The second-order valence-corrected chi connectivity index (χ2v) is 7.09. The molecule has 1 fully saturated rings. The Morgan fingerprint density at radius 2 is 2.08 bits per heavy atom. The van der Waals surface area contributed by atoms with Gasteiger partial charge in [-0.15, -0.1) is 10.2 Å². The van der Waals surface area contributed by atoms with Crippen LogP contribution < -0.4 is 0 Å². The number of pyridine rings is 2. The smallest absolute Gasteiger partial charge is 0.267 e. The van der Waals surface area contributed by atoms with Crippen molar-refractivity contribution in [2.75, 3.05) is 0 Å². The first-order valence-electron chi connectivity index (χ1n) is 8.80. The Kier molecular flexibility index (Phi) is 3.13. The van der Waals surface area contributed by atoms with Crippen molar-refractivity contribution in [3.8, 4) is 11.6 Å². The van der Waals surface area contributed by atoms with Crippen molar-refractivity contribution in [2.45, 2.75) is 44.9 Å². The second kappa shape index (κ2) is 5.37. The molecule has 4 aromatic rings. The SMILES string of the molecule is CC(C)c1cc(C2CCC2)c2ccc3nc(-c4nnco4)cn3c2n1. The molecule has 0 unspecified atom stereocenters. The van der Waals surface area contributed by atoms with Crippen LogP contribution in [0.4, 0.5) is 0 Å². The summed E-state index contributed by atoms with van der Waals surface area (Å²) in [5.74, 6) is 1.47. The van der Waals surface area contributed by atoms with E-state index in [4.69, 9.17) is 9.40 Å². The van der Waals surface area contributed by atoms with Crippen molar-refractivity contribution in [1.29, 1.82) is 0 Å². The molecule has 0 radical (unpaired) electrons. The lowest BCUT2D eigenvalue weighted by molar-refractivity contribution is 0.421. The summed E-state index contributed by atoms with van der Waals surface area (Å²) in [5, 5.41) is 8.92. The lowest BCUT2D eigenvalue weighted by Crippen LogP contribution is -2.11. The zero-order valence-electron chi connectivity index (χ0n) is 14.3. The molecule has 25 heavy (non-hydrogen) atoms. The molecule has 1 aliphatic carbocycles. The molecule has 0 N–H and O–H groups in total. The maximum Gasteiger partial charge on any atom is 0.267 e. The summed E-state index contributed by atoms with van der Waals surface area (Å²) in [7, 11) is 0. The highest BCUT2D eigenvalue weighted by Gasteiger charge is 2.24. The lowest BCUT2D eigenvalue weighted by Gasteiger charge is -2.27. The summed E-state index contributed by atoms with van der Waals surface area (Å²) >= 11 is 0. The first-order chi connectivity index (χ1) is 12.2. The average molecular weight is 333 g/mol. The van der Waals surface area contributed by atoms with Gasteiger partial charge in [-0.05, 0) is 48.4 Å². The normalized spacial score (nSPS) is 15.3. The molecule has 0 bridgehead atoms. The van der Waals surface area contributed by atoms with Crippen LogP contribution in [-0.4, -0.2) is 24.6 Å². The standard InChI is InChI=1S/C19H19N5O/c1-11(2)15-8-14(12-4-3-5-12)13-6-7-17-21-16(19-23-20-10-25-19)9-24(17)18(13)22-15/h6-12H,3-5H2,1-2H3. The minimum atomic E-state index is 0.386. The zero-order valence-corrected chi connectivity index (χ0v) is 14.3. The Morgan fingerprint density at radius 3 is 2.76 bits per heavy atom. The van der Waals surface area contributed by atoms with Gasteiger partial charge in [-0.25, -0.2) is 9.97 Å². The van der Waals surface area contributed by atoms with Crippen LogP contribution >= 0.6 is 0 Å². The summed E-state index contributed by atoms with van der Waals surface area (Å²) in [6.45, 7) is 4.38. The van der Waals surface area contributed by atoms with E-state index in [2.05, 4.69) is 41.2 Å². The Labute approximate surface area is 144 Å². The molecule has 4 heterocycles. The van der Waals surface area contributed by atoms with Crippen LogP contribution in [0.25, 0.3) is 28.3 Å². The largest absolute Gasteiger partial charge is 0.422 e. The van der Waals surface area contributed by atoms with Crippen LogP contribution in [0.2, 0.25) is 0 Å². The Balaban J connectivity index is 1.80. The molecule has 0 amide bonds. The molecule has 1 aliphatic rings. The summed E-state index contributed by atoms with van der Waals surface area (Å²) in [6, 6.07) is 6.50. The fraction of sp³-hybridized carbons (Fsp3) is 0.368. The first-order valence-corrected chi connectivity index (χ1v) is 8.80. The van der Waals surface area contributed by atoms with Gasteiger partial charge in [-0.2, -0.15) is 0 Å². The van der Waals surface area contributed by atoms with Gasteiger partial charge in [0, 0.05) is 17.3 Å². The molecule has 0 aliphatic heterocycles. The quantitative estimate of drug-likeness (QED) is 0.558. The van der Waals surface area contributed by atoms with Crippen molar-refractivity contribution in [1.82, 2.24) is 24.6 Å². The van der Waals surface area contributed by atoms with E-state index >= 15 is 0 Å². The number of fused-ring (bicyclic) bond motifs is 3. The van der Waals surface area contributed by atoms with Gasteiger partial charge < -0.3 is 4.42 Å². The van der Waals surface area contributed by atoms with Gasteiger partial charge in [-0.1, -0.05) is 20.3 Å². The van der Waals surface area contributed by atoms with E-state index in [-0.39, 0.29) is 0 Å². The van der Waals surface area contributed by atoms with Crippen LogP contribution in [0.15, 0.2) is 35.2 Å². The third-order valence-corrected chi connectivity index (χ3v) is 5.17. The third kappa shape index (κ3) is 2.24. The van der Waals surface area contributed by atoms with E-state index in [9.17, 15) is 0 Å². The minimum absolute atomic E-state index is 0.386. The molecule has 4 aromatic heterocycles. The van der Waals surface area contributed by atoms with Crippen LogP contribution in [0, 0.1) is 0 Å². The molecular formula is C19H19N5O. The highest BCUT2D eigenvalue weighted by Crippen LogP contribution is 2.40. The van der Waals surface area contributed by atoms with Crippen molar-refractivity contribution in [2.24, 2.45) is 0 Å². The Bertz CT molecular complexity index is 1060. The maximum atomic E-state index is 5.29. The van der Waals surface area contributed by atoms with Gasteiger partial charge in [0.05, 0.1) is 0 Å². The Hall–Kier alpha value is -2.76. The van der Waals surface area contributed by atoms with Crippen LogP contribution in [-0.2, 0) is 0 Å². The van der Waals surface area contributed by atoms with Crippen LogP contribution in [0.5, 0.6) is 0 Å². The predicted octanol–water partition coefficient (Wildman–Crippen LogP) is 4.32. The number of rotatable bonds is 3. The highest BCUT2D eigenvalue weighted by atomic mass is 16.4. The number of aromatic nitrogens is 5. The molecule has 0 saturated heterocycles. The van der Waals surface area contributed by atoms with Gasteiger partial charge in [0.15, 0.2) is 0 Å². The molecule has 0 aromatic carbocycles. The van der Waals surface area contributed by atoms with Crippen molar-refractivity contribution < 1.29 is 4.42 Å². The average Bonchev–Trinajstić information content (AvgIpc) is 3.21. The van der Waals surface area contributed by atoms with Crippen molar-refractivity contribution in [3.63, 3.8) is 0 Å². The fourth-order valence-corrected chi connectivity index (χ4v) is 3.52. The number of hydrogen-bond donors (Lipinski definition) is 0. The zero-order chi connectivity index (χ0) is 17.0. The predicted molar refractivity (Wildman–Crippen MR) is 94.5 cm³/mol. The van der Waals surface area contributed by atoms with Crippen LogP contribution in [0.3, 0.4) is 0 Å². The summed E-state index contributed by atoms with van der Waals surface area (Å²) in [6.07, 6.45) is 7.12. The maximum absolute atomic E-state index is 5.29. The molecule has 1 saturated carbocycles. The minimum Gasteiger partial charge on any atom is -0.422 e. The highest BCUT2D eigenvalue weighted by molar-refractivity contribution is 5.83. The third-order valence-electron chi connectivity index (χ3n) is 5.17. The topological polar surface area (TPSA) is 69.1 Å². The molecule has 6 nitrogen and oxygen atoms in total. The van der Waals surface area contributed by atoms with Gasteiger partial charge in [0.2, 0.25) is 6.39 Å². The Morgan fingerprint density at radius 1 is 1.20 bits per heavy atom. The fourth-order valence-electron chi connectivity index (χ4n) is 3.52. The van der Waals surface area contributed by atoms with Gasteiger partial charge >= 0.3 is 0 Å². The van der Waals surface area contributed by atoms with Gasteiger partial charge in [0.25, 0.3) is 5.89 Å². The first kappa shape index (κ1) is 14.6. The lowest BCUT2D eigenvalue weighted by atomic mass is 9.78. The second-order valence-electron chi connectivity index (χ2n) is 7.09. The summed E-state index contributed by atoms with van der Waals surface area (Å²) in [4.78, 5) is 9.57. The molecule has 0 spiro atoms. The van der Waals surface area contributed by atoms with Crippen LogP contribution in [0.1, 0.15) is 56.2 Å². The van der Waals surface area contributed by atoms with Crippen molar-refractivity contribution in [3.05, 3.63) is 42.0 Å². The monoisotopic (exact) mass is 333 g/mol. The summed E-state index contributed by atoms with van der Waals surface area (Å²) < 4.78 is 7.34.